The van der Waals surface area contributed by atoms with Crippen molar-refractivity contribution in [2.45, 2.75) is 0 Å². The summed E-state index contributed by atoms with van der Waals surface area (Å²) in [5, 5.41) is 22.8. The lowest BCUT2D eigenvalue weighted by Gasteiger charge is -2.30. The second kappa shape index (κ2) is 5.03. The molecule has 0 atom stereocenters. The molecule has 0 aromatic heterocycles. The van der Waals surface area contributed by atoms with Crippen molar-refractivity contribution < 1.29 is 9.90 Å². The first kappa shape index (κ1) is 11.7. The Labute approximate surface area is 98.8 Å². The van der Waals surface area contributed by atoms with Crippen molar-refractivity contribution in [3.63, 3.8) is 0 Å². The van der Waals surface area contributed by atoms with Gasteiger partial charge in [0.25, 0.3) is 0 Å². The number of aromatic carboxylic acids is 1. The standard InChI is InChI=1S/C11H14N3O3/c15-11(16)9-7-8(1-2-10(9)13-17)14-5-3-12-4-6-14/h1-2,7,12-13H,3-6H2,(H,15,16)/q-1. The second-order valence-corrected chi connectivity index (χ2v) is 3.87. The largest absolute Gasteiger partial charge is 0.761 e. The summed E-state index contributed by atoms with van der Waals surface area (Å²) >= 11 is 0. The Bertz CT molecular complexity index is 416. The molecular weight excluding hydrogens is 222 g/mol. The van der Waals surface area contributed by atoms with Crippen LogP contribution in [-0.4, -0.2) is 37.3 Å². The van der Waals surface area contributed by atoms with Crippen molar-refractivity contribution in [2.75, 3.05) is 36.6 Å². The van der Waals surface area contributed by atoms with E-state index in [-0.39, 0.29) is 11.3 Å². The molecule has 3 N–H and O–H groups in total. The summed E-state index contributed by atoms with van der Waals surface area (Å²) in [5.74, 6) is -1.10. The zero-order valence-corrected chi connectivity index (χ0v) is 9.27. The smallest absolute Gasteiger partial charge is 0.337 e. The highest BCUT2D eigenvalue weighted by atomic mass is 16.5. The summed E-state index contributed by atoms with van der Waals surface area (Å²) in [6, 6.07) is 4.81. The van der Waals surface area contributed by atoms with Crippen LogP contribution < -0.4 is 15.7 Å². The molecule has 1 saturated heterocycles. The van der Waals surface area contributed by atoms with Crippen LogP contribution in [0.25, 0.3) is 0 Å². The number of hydrogen-bond acceptors (Lipinski definition) is 5. The molecule has 6 heteroatoms. The van der Waals surface area contributed by atoms with Crippen LogP contribution in [0.4, 0.5) is 11.4 Å². The van der Waals surface area contributed by atoms with Gasteiger partial charge in [-0.15, -0.1) is 0 Å². The van der Waals surface area contributed by atoms with Crippen molar-refractivity contribution in [1.82, 2.24) is 5.32 Å². The Kier molecular flexibility index (Phi) is 3.46. The Morgan fingerprint density at radius 2 is 2.12 bits per heavy atom. The Morgan fingerprint density at radius 3 is 2.71 bits per heavy atom. The van der Waals surface area contributed by atoms with E-state index in [9.17, 15) is 10.0 Å². The molecule has 1 aliphatic heterocycles. The predicted octanol–water partition coefficient (Wildman–Crippen LogP) is 0.704. The molecule has 92 valence electrons. The fraction of sp³-hybridized carbons (Fsp3) is 0.364. The van der Waals surface area contributed by atoms with Crippen LogP contribution in [0.15, 0.2) is 18.2 Å². The van der Waals surface area contributed by atoms with Crippen LogP contribution in [0.2, 0.25) is 0 Å². The van der Waals surface area contributed by atoms with E-state index in [4.69, 9.17) is 5.11 Å². The minimum absolute atomic E-state index is 0.0102. The van der Waals surface area contributed by atoms with Crippen LogP contribution >= 0.6 is 0 Å². The number of benzene rings is 1. The molecule has 1 heterocycles. The highest BCUT2D eigenvalue weighted by Crippen LogP contribution is 2.23. The molecule has 17 heavy (non-hydrogen) atoms. The number of piperazine rings is 1. The topological polar surface area (TPSA) is 87.7 Å². The van der Waals surface area contributed by atoms with Gasteiger partial charge in [0, 0.05) is 37.6 Å². The Balaban J connectivity index is 2.29. The average molecular weight is 236 g/mol. The van der Waals surface area contributed by atoms with E-state index < -0.39 is 5.97 Å². The number of nitrogens with one attached hydrogen (secondary N) is 2. The van der Waals surface area contributed by atoms with Crippen LogP contribution in [0.3, 0.4) is 0 Å². The third kappa shape index (κ3) is 2.48. The van der Waals surface area contributed by atoms with Gasteiger partial charge in [0.15, 0.2) is 0 Å². The van der Waals surface area contributed by atoms with Gasteiger partial charge in [-0.2, -0.15) is 0 Å². The van der Waals surface area contributed by atoms with Crippen LogP contribution in [-0.2, 0) is 0 Å². The van der Waals surface area contributed by atoms with E-state index in [1.165, 1.54) is 12.1 Å². The number of carboxylic acid groups (broad SMARTS) is 1. The molecular formula is C11H14N3O3-. The number of hydrogen-bond donors (Lipinski definition) is 3. The summed E-state index contributed by atoms with van der Waals surface area (Å²) in [6.07, 6.45) is 0. The molecule has 0 bridgehead atoms. The molecule has 1 aromatic rings. The maximum atomic E-state index is 11.0. The van der Waals surface area contributed by atoms with E-state index in [1.807, 2.05) is 0 Å². The molecule has 0 aliphatic carbocycles. The molecule has 6 nitrogen and oxygen atoms in total. The fourth-order valence-electron chi connectivity index (χ4n) is 1.92. The summed E-state index contributed by atoms with van der Waals surface area (Å²) in [5.41, 5.74) is 2.59. The second-order valence-electron chi connectivity index (χ2n) is 3.87. The first-order valence-corrected chi connectivity index (χ1v) is 5.43. The lowest BCUT2D eigenvalue weighted by Crippen LogP contribution is -2.43. The van der Waals surface area contributed by atoms with Crippen molar-refractivity contribution in [3.05, 3.63) is 29.0 Å². The highest BCUT2D eigenvalue weighted by molar-refractivity contribution is 5.95. The zero-order chi connectivity index (χ0) is 12.3. The van der Waals surface area contributed by atoms with Crippen molar-refractivity contribution in [2.24, 2.45) is 0 Å². The van der Waals surface area contributed by atoms with Gasteiger partial charge in [-0.25, -0.2) is 4.79 Å². The van der Waals surface area contributed by atoms with E-state index in [0.717, 1.165) is 31.9 Å². The number of carbonyl (C=O) groups is 1. The van der Waals surface area contributed by atoms with Gasteiger partial charge in [-0.05, 0) is 18.2 Å². The Morgan fingerprint density at radius 1 is 1.41 bits per heavy atom. The number of carboxylic acids is 1. The van der Waals surface area contributed by atoms with Gasteiger partial charge < -0.3 is 26.0 Å². The molecule has 0 amide bonds. The minimum atomic E-state index is -1.10. The fourth-order valence-corrected chi connectivity index (χ4v) is 1.92. The lowest BCUT2D eigenvalue weighted by atomic mass is 10.1. The van der Waals surface area contributed by atoms with Gasteiger partial charge >= 0.3 is 5.97 Å². The van der Waals surface area contributed by atoms with E-state index >= 15 is 0 Å². The van der Waals surface area contributed by atoms with E-state index in [1.54, 1.807) is 11.5 Å². The number of anilines is 2. The molecule has 0 spiro atoms. The molecule has 1 aliphatic rings. The predicted molar refractivity (Wildman–Crippen MR) is 65.5 cm³/mol. The third-order valence-electron chi connectivity index (χ3n) is 2.83. The van der Waals surface area contributed by atoms with Gasteiger partial charge in [0.05, 0.1) is 5.56 Å². The lowest BCUT2D eigenvalue weighted by molar-refractivity contribution is 0.0698. The maximum absolute atomic E-state index is 11.0. The molecule has 0 unspecified atom stereocenters. The SMILES string of the molecule is O=C(O)c1cc(N2CCNCC2)ccc1N[O-]. The molecule has 2 rings (SSSR count). The van der Waals surface area contributed by atoms with Crippen LogP contribution in [0.1, 0.15) is 10.4 Å². The summed E-state index contributed by atoms with van der Waals surface area (Å²) < 4.78 is 0. The van der Waals surface area contributed by atoms with E-state index in [0.29, 0.717) is 0 Å². The summed E-state index contributed by atoms with van der Waals surface area (Å²) in [7, 11) is 0. The molecule has 1 fully saturated rings. The highest BCUT2D eigenvalue weighted by Gasteiger charge is 2.14. The molecule has 0 saturated carbocycles. The monoisotopic (exact) mass is 236 g/mol. The Hall–Kier alpha value is -1.79. The van der Waals surface area contributed by atoms with Gasteiger partial charge in [-0.3, -0.25) is 0 Å². The van der Waals surface area contributed by atoms with Crippen molar-refractivity contribution in [1.29, 1.82) is 0 Å². The summed E-state index contributed by atoms with van der Waals surface area (Å²) in [6.45, 7) is 3.43. The van der Waals surface area contributed by atoms with Gasteiger partial charge in [0.1, 0.15) is 0 Å². The summed E-state index contributed by atoms with van der Waals surface area (Å²) in [4.78, 5) is 13.1. The van der Waals surface area contributed by atoms with E-state index in [2.05, 4.69) is 10.2 Å². The van der Waals surface area contributed by atoms with Crippen molar-refractivity contribution in [3.8, 4) is 0 Å². The number of rotatable bonds is 3. The third-order valence-corrected chi connectivity index (χ3v) is 2.83. The first-order valence-electron chi connectivity index (χ1n) is 5.43. The minimum Gasteiger partial charge on any atom is -0.761 e. The maximum Gasteiger partial charge on any atom is 0.337 e. The molecule has 0 radical (unpaired) electrons. The normalized spacial score (nSPS) is 15.7. The average Bonchev–Trinajstić information content (AvgIpc) is 2.39. The molecule has 1 aromatic carbocycles. The van der Waals surface area contributed by atoms with Crippen LogP contribution in [0.5, 0.6) is 0 Å². The van der Waals surface area contributed by atoms with Crippen molar-refractivity contribution >= 4 is 17.3 Å². The van der Waals surface area contributed by atoms with Crippen LogP contribution in [0, 0.1) is 5.21 Å². The van der Waals surface area contributed by atoms with Gasteiger partial charge in [0.2, 0.25) is 0 Å². The number of nitrogens with zero attached hydrogens (tertiary/aromatic N) is 1. The quantitative estimate of drug-likeness (QED) is 0.670. The first-order chi connectivity index (χ1) is 8.22. The zero-order valence-electron chi connectivity index (χ0n) is 9.27. The van der Waals surface area contributed by atoms with Gasteiger partial charge in [-0.1, -0.05) is 0 Å².